The van der Waals surface area contributed by atoms with E-state index in [1.165, 1.54) is 28.6 Å². The van der Waals surface area contributed by atoms with Gasteiger partial charge in [0, 0.05) is 19.6 Å². The molecule has 0 aliphatic carbocycles. The molecule has 2 rings (SSSR count). The van der Waals surface area contributed by atoms with Gasteiger partial charge in [0.15, 0.2) is 0 Å². The molecule has 23 heavy (non-hydrogen) atoms. The third-order valence-corrected chi connectivity index (χ3v) is 7.24. The first-order chi connectivity index (χ1) is 10.7. The Morgan fingerprint density at radius 2 is 1.52 bits per heavy atom. The minimum Gasteiger partial charge on any atom is -0.211 e. The van der Waals surface area contributed by atoms with Crippen molar-refractivity contribution in [3.63, 3.8) is 0 Å². The van der Waals surface area contributed by atoms with Crippen LogP contribution >= 0.6 is 0 Å². The topological polar surface area (TPSA) is 83.5 Å². The predicted molar refractivity (Wildman–Crippen MR) is 89.1 cm³/mol. The fourth-order valence-corrected chi connectivity index (χ4v) is 5.00. The Balaban J connectivity index is 2.12. The smallest absolute Gasteiger partial charge is 0.211 e. The maximum absolute atomic E-state index is 12.4. The lowest BCUT2D eigenvalue weighted by molar-refractivity contribution is 0.477. The average molecular weight is 361 g/mol. The van der Waals surface area contributed by atoms with Gasteiger partial charge < -0.3 is 0 Å². The number of benzene rings is 1. The molecule has 0 radical (unpaired) electrons. The van der Waals surface area contributed by atoms with E-state index in [2.05, 4.69) is 4.72 Å². The van der Waals surface area contributed by atoms with Gasteiger partial charge in [-0.1, -0.05) is 13.8 Å². The van der Waals surface area contributed by atoms with Crippen LogP contribution in [0, 0.1) is 5.92 Å². The molecule has 0 amide bonds. The van der Waals surface area contributed by atoms with Crippen LogP contribution in [0.25, 0.3) is 0 Å². The maximum Gasteiger partial charge on any atom is 0.243 e. The van der Waals surface area contributed by atoms with Crippen LogP contribution in [0.4, 0.5) is 0 Å². The van der Waals surface area contributed by atoms with E-state index in [0.717, 1.165) is 19.3 Å². The predicted octanol–water partition coefficient (Wildman–Crippen LogP) is 1.80. The summed E-state index contributed by atoms with van der Waals surface area (Å²) in [5, 5.41) is 0. The molecule has 8 heteroatoms. The van der Waals surface area contributed by atoms with Gasteiger partial charge in [0.1, 0.15) is 0 Å². The number of rotatable bonds is 7. The van der Waals surface area contributed by atoms with E-state index in [1.54, 1.807) is 0 Å². The molecule has 0 aromatic heterocycles. The molecule has 1 heterocycles. The summed E-state index contributed by atoms with van der Waals surface area (Å²) in [5.74, 6) is 0.408. The molecule has 0 saturated carbocycles. The summed E-state index contributed by atoms with van der Waals surface area (Å²) in [7, 11) is -7.11. The summed E-state index contributed by atoms with van der Waals surface area (Å²) >= 11 is 0. The highest BCUT2D eigenvalue weighted by atomic mass is 32.2. The second-order valence-electron chi connectivity index (χ2n) is 6.16. The first kappa shape index (κ1) is 18.4. The molecule has 1 aliphatic heterocycles. The highest BCUT2D eigenvalue weighted by Gasteiger charge is 2.27. The fraction of sp³-hybridized carbons (Fsp3) is 0.600. The molecule has 0 unspecified atom stereocenters. The third kappa shape index (κ3) is 4.53. The molecular weight excluding hydrogens is 336 g/mol. The van der Waals surface area contributed by atoms with Crippen molar-refractivity contribution in [1.82, 2.24) is 9.03 Å². The zero-order valence-electron chi connectivity index (χ0n) is 13.5. The summed E-state index contributed by atoms with van der Waals surface area (Å²) in [4.78, 5) is 0.224. The Kier molecular flexibility index (Phi) is 5.83. The van der Waals surface area contributed by atoms with Crippen LogP contribution < -0.4 is 4.72 Å². The van der Waals surface area contributed by atoms with Crippen LogP contribution in [0.3, 0.4) is 0 Å². The second kappa shape index (κ2) is 7.29. The number of nitrogens with one attached hydrogen (secondary N) is 1. The maximum atomic E-state index is 12.4. The van der Waals surface area contributed by atoms with E-state index in [-0.39, 0.29) is 9.79 Å². The standard InChI is InChI=1S/C15H24N2O4S2/c1-13(2)9-10-16-22(18,19)14-5-7-15(8-6-14)23(20,21)17-11-3-4-12-17/h5-8,13,16H,3-4,9-12H2,1-2H3. The van der Waals surface area contributed by atoms with Crippen molar-refractivity contribution in [2.75, 3.05) is 19.6 Å². The third-order valence-electron chi connectivity index (χ3n) is 3.85. The van der Waals surface area contributed by atoms with Gasteiger partial charge in [0.25, 0.3) is 0 Å². The average Bonchev–Trinajstić information content (AvgIpc) is 3.01. The SMILES string of the molecule is CC(C)CCNS(=O)(=O)c1ccc(S(=O)(=O)N2CCCC2)cc1. The van der Waals surface area contributed by atoms with Crippen LogP contribution in [0.2, 0.25) is 0 Å². The largest absolute Gasteiger partial charge is 0.243 e. The Hall–Kier alpha value is -0.960. The first-order valence-electron chi connectivity index (χ1n) is 7.83. The number of sulfonamides is 2. The Labute approximate surface area is 139 Å². The van der Waals surface area contributed by atoms with Gasteiger partial charge in [-0.25, -0.2) is 21.6 Å². The summed E-state index contributed by atoms with van der Waals surface area (Å²) in [6.45, 7) is 5.46. The van der Waals surface area contributed by atoms with Crippen LogP contribution in [0.5, 0.6) is 0 Å². The molecule has 1 N–H and O–H groups in total. The van der Waals surface area contributed by atoms with Crippen molar-refractivity contribution in [1.29, 1.82) is 0 Å². The first-order valence-corrected chi connectivity index (χ1v) is 10.8. The zero-order chi connectivity index (χ0) is 17.1. The Morgan fingerprint density at radius 3 is 2.04 bits per heavy atom. The van der Waals surface area contributed by atoms with Crippen molar-refractivity contribution in [2.45, 2.75) is 42.9 Å². The lowest BCUT2D eigenvalue weighted by atomic mass is 10.1. The van der Waals surface area contributed by atoms with E-state index >= 15 is 0 Å². The minimum atomic E-state index is -3.60. The van der Waals surface area contributed by atoms with Crippen LogP contribution in [0.1, 0.15) is 33.1 Å². The number of nitrogens with zero attached hydrogens (tertiary/aromatic N) is 1. The summed E-state index contributed by atoms with van der Waals surface area (Å²) < 4.78 is 53.1. The van der Waals surface area contributed by atoms with Crippen molar-refractivity contribution in [2.24, 2.45) is 5.92 Å². The molecule has 0 bridgehead atoms. The van der Waals surface area contributed by atoms with Gasteiger partial charge >= 0.3 is 0 Å². The van der Waals surface area contributed by atoms with E-state index < -0.39 is 20.0 Å². The summed E-state index contributed by atoms with van der Waals surface area (Å²) in [6, 6.07) is 5.43. The molecule has 1 aliphatic rings. The molecule has 1 aromatic rings. The van der Waals surface area contributed by atoms with Crippen molar-refractivity contribution >= 4 is 20.0 Å². The quantitative estimate of drug-likeness (QED) is 0.803. The Morgan fingerprint density at radius 1 is 1.00 bits per heavy atom. The van der Waals surface area contributed by atoms with Crippen LogP contribution in [-0.2, 0) is 20.0 Å². The van der Waals surface area contributed by atoms with E-state index in [4.69, 9.17) is 0 Å². The highest BCUT2D eigenvalue weighted by Crippen LogP contribution is 2.22. The molecule has 130 valence electrons. The van der Waals surface area contributed by atoms with Crippen LogP contribution in [-0.4, -0.2) is 40.8 Å². The summed E-state index contributed by atoms with van der Waals surface area (Å²) in [6.07, 6.45) is 2.48. The van der Waals surface area contributed by atoms with E-state index in [1.807, 2.05) is 13.8 Å². The van der Waals surface area contributed by atoms with Crippen molar-refractivity contribution in [3.05, 3.63) is 24.3 Å². The van der Waals surface area contributed by atoms with Crippen LogP contribution in [0.15, 0.2) is 34.1 Å². The van der Waals surface area contributed by atoms with Crippen molar-refractivity contribution < 1.29 is 16.8 Å². The van der Waals surface area contributed by atoms with Gasteiger partial charge in [-0.3, -0.25) is 0 Å². The monoisotopic (exact) mass is 360 g/mol. The summed E-state index contributed by atoms with van der Waals surface area (Å²) in [5.41, 5.74) is 0. The zero-order valence-corrected chi connectivity index (χ0v) is 15.2. The Bertz CT molecular complexity index is 719. The minimum absolute atomic E-state index is 0.0848. The van der Waals surface area contributed by atoms with Gasteiger partial charge in [-0.05, 0) is 49.4 Å². The lowest BCUT2D eigenvalue weighted by Gasteiger charge is -2.15. The second-order valence-corrected chi connectivity index (χ2v) is 9.87. The lowest BCUT2D eigenvalue weighted by Crippen LogP contribution is -2.28. The number of hydrogen-bond acceptors (Lipinski definition) is 4. The van der Waals surface area contributed by atoms with Gasteiger partial charge in [-0.2, -0.15) is 4.31 Å². The molecule has 0 atom stereocenters. The normalized spacial score (nSPS) is 17.0. The van der Waals surface area contributed by atoms with Gasteiger partial charge in [0.05, 0.1) is 9.79 Å². The molecule has 1 saturated heterocycles. The van der Waals surface area contributed by atoms with E-state index in [0.29, 0.717) is 25.6 Å². The molecule has 1 aromatic carbocycles. The fourth-order valence-electron chi connectivity index (χ4n) is 2.43. The molecule has 6 nitrogen and oxygen atoms in total. The molecular formula is C15H24N2O4S2. The van der Waals surface area contributed by atoms with Gasteiger partial charge in [-0.15, -0.1) is 0 Å². The molecule has 1 fully saturated rings. The van der Waals surface area contributed by atoms with Gasteiger partial charge in [0.2, 0.25) is 20.0 Å². The van der Waals surface area contributed by atoms with E-state index in [9.17, 15) is 16.8 Å². The highest BCUT2D eigenvalue weighted by molar-refractivity contribution is 7.89. The number of hydrogen-bond donors (Lipinski definition) is 1. The van der Waals surface area contributed by atoms with Crippen molar-refractivity contribution in [3.8, 4) is 0 Å². The molecule has 0 spiro atoms.